The second-order valence-corrected chi connectivity index (χ2v) is 6.29. The maximum atomic E-state index is 12.7. The molecule has 5 nitrogen and oxygen atoms in total. The van der Waals surface area contributed by atoms with Crippen LogP contribution in [0.3, 0.4) is 0 Å². The molecule has 0 saturated heterocycles. The highest BCUT2D eigenvalue weighted by atomic mass is 16.5. The monoisotopic (exact) mass is 362 g/mol. The maximum absolute atomic E-state index is 12.7. The van der Waals surface area contributed by atoms with Crippen LogP contribution in [0.1, 0.15) is 40.5 Å². The number of nitrogens with one attached hydrogen (secondary N) is 1. The van der Waals surface area contributed by atoms with E-state index < -0.39 is 12.1 Å². The SMILES string of the molecule is CCCC(NC(=O)c1ccc2ccccc2c1)Oc1ccccc1C(N)=O. The fraction of sp³-hybridized carbons (Fsp3) is 0.182. The van der Waals surface area contributed by atoms with Crippen LogP contribution in [-0.4, -0.2) is 18.0 Å². The van der Waals surface area contributed by atoms with Gasteiger partial charge in [0.1, 0.15) is 5.75 Å². The third kappa shape index (κ3) is 4.44. The van der Waals surface area contributed by atoms with Gasteiger partial charge in [0.2, 0.25) is 0 Å². The van der Waals surface area contributed by atoms with Gasteiger partial charge in [-0.1, -0.05) is 55.8 Å². The minimum absolute atomic E-state index is 0.226. The zero-order chi connectivity index (χ0) is 19.2. The van der Waals surface area contributed by atoms with Crippen molar-refractivity contribution in [3.05, 3.63) is 77.9 Å². The lowest BCUT2D eigenvalue weighted by Gasteiger charge is -2.21. The van der Waals surface area contributed by atoms with Gasteiger partial charge >= 0.3 is 0 Å². The van der Waals surface area contributed by atoms with Crippen molar-refractivity contribution in [3.63, 3.8) is 0 Å². The Balaban J connectivity index is 1.79. The molecule has 0 fully saturated rings. The molecule has 0 bridgehead atoms. The second kappa shape index (κ2) is 8.36. The normalized spacial score (nSPS) is 11.7. The zero-order valence-corrected chi connectivity index (χ0v) is 15.1. The molecule has 3 aromatic rings. The first-order valence-electron chi connectivity index (χ1n) is 8.93. The summed E-state index contributed by atoms with van der Waals surface area (Å²) >= 11 is 0. The molecule has 0 aliphatic heterocycles. The maximum Gasteiger partial charge on any atom is 0.254 e. The van der Waals surface area contributed by atoms with Crippen LogP contribution in [0, 0.1) is 0 Å². The Kier molecular flexibility index (Phi) is 5.71. The Labute approximate surface area is 158 Å². The molecule has 27 heavy (non-hydrogen) atoms. The fourth-order valence-electron chi connectivity index (χ4n) is 2.91. The van der Waals surface area contributed by atoms with E-state index in [1.165, 1.54) is 0 Å². The topological polar surface area (TPSA) is 81.4 Å². The number of carbonyl (C=O) groups excluding carboxylic acids is 2. The summed E-state index contributed by atoms with van der Waals surface area (Å²) in [5.74, 6) is -0.431. The van der Waals surface area contributed by atoms with Crippen molar-refractivity contribution in [1.29, 1.82) is 0 Å². The molecule has 0 saturated carbocycles. The summed E-state index contributed by atoms with van der Waals surface area (Å²) in [5.41, 5.74) is 6.25. The van der Waals surface area contributed by atoms with E-state index >= 15 is 0 Å². The van der Waals surface area contributed by atoms with Gasteiger partial charge < -0.3 is 15.8 Å². The number of ether oxygens (including phenoxy) is 1. The average molecular weight is 362 g/mol. The van der Waals surface area contributed by atoms with Crippen LogP contribution in [0.25, 0.3) is 10.8 Å². The molecule has 1 atom stereocenters. The molecule has 0 radical (unpaired) electrons. The van der Waals surface area contributed by atoms with Crippen molar-refractivity contribution in [3.8, 4) is 5.75 Å². The molecule has 3 aromatic carbocycles. The Morgan fingerprint density at radius 3 is 2.44 bits per heavy atom. The van der Waals surface area contributed by atoms with Gasteiger partial charge in [0.25, 0.3) is 11.8 Å². The van der Waals surface area contributed by atoms with Gasteiger partial charge in [-0.2, -0.15) is 0 Å². The van der Waals surface area contributed by atoms with E-state index in [9.17, 15) is 9.59 Å². The number of hydrogen-bond acceptors (Lipinski definition) is 3. The summed E-state index contributed by atoms with van der Waals surface area (Å²) in [7, 11) is 0. The van der Waals surface area contributed by atoms with Crippen molar-refractivity contribution in [2.24, 2.45) is 5.73 Å². The molecule has 5 heteroatoms. The van der Waals surface area contributed by atoms with Crippen LogP contribution in [-0.2, 0) is 0 Å². The van der Waals surface area contributed by atoms with Gasteiger partial charge in [0, 0.05) is 12.0 Å². The van der Waals surface area contributed by atoms with E-state index in [1.54, 1.807) is 30.3 Å². The van der Waals surface area contributed by atoms with Gasteiger partial charge in [-0.05, 0) is 35.0 Å². The molecular weight excluding hydrogens is 340 g/mol. The number of fused-ring (bicyclic) bond motifs is 1. The van der Waals surface area contributed by atoms with Gasteiger partial charge in [0.05, 0.1) is 5.56 Å². The summed E-state index contributed by atoms with van der Waals surface area (Å²) in [6, 6.07) is 20.2. The van der Waals surface area contributed by atoms with Crippen LogP contribution >= 0.6 is 0 Å². The Bertz CT molecular complexity index is 968. The molecule has 1 unspecified atom stereocenters. The number of amides is 2. The van der Waals surface area contributed by atoms with Gasteiger partial charge in [-0.15, -0.1) is 0 Å². The number of nitrogens with two attached hydrogens (primary N) is 1. The standard InChI is InChI=1S/C22H22N2O3/c1-2-7-20(27-19-11-6-5-10-18(19)21(23)25)24-22(26)17-13-12-15-8-3-4-9-16(15)14-17/h3-6,8-14,20H,2,7H2,1H3,(H2,23,25)(H,24,26). The van der Waals surface area contributed by atoms with Crippen LogP contribution in [0.4, 0.5) is 0 Å². The Morgan fingerprint density at radius 1 is 1.00 bits per heavy atom. The van der Waals surface area contributed by atoms with Gasteiger partial charge in [-0.3, -0.25) is 9.59 Å². The average Bonchev–Trinajstić information content (AvgIpc) is 2.68. The van der Waals surface area contributed by atoms with Crippen LogP contribution in [0.2, 0.25) is 0 Å². The van der Waals surface area contributed by atoms with Crippen molar-refractivity contribution in [2.45, 2.75) is 26.0 Å². The molecule has 3 rings (SSSR count). The first-order valence-corrected chi connectivity index (χ1v) is 8.93. The van der Waals surface area contributed by atoms with Crippen LogP contribution in [0.15, 0.2) is 66.7 Å². The summed E-state index contributed by atoms with van der Waals surface area (Å²) in [5, 5.41) is 4.97. The number of primary amides is 1. The largest absolute Gasteiger partial charge is 0.470 e. The van der Waals surface area contributed by atoms with Gasteiger partial charge in [-0.25, -0.2) is 0 Å². The highest BCUT2D eigenvalue weighted by Crippen LogP contribution is 2.20. The van der Waals surface area contributed by atoms with E-state index in [0.717, 1.165) is 17.2 Å². The summed E-state index contributed by atoms with van der Waals surface area (Å²) < 4.78 is 5.89. The van der Waals surface area contributed by atoms with Crippen LogP contribution < -0.4 is 15.8 Å². The summed E-state index contributed by atoms with van der Waals surface area (Å²) in [6.07, 6.45) is 0.850. The molecule has 0 spiro atoms. The molecular formula is C22H22N2O3. The fourth-order valence-corrected chi connectivity index (χ4v) is 2.91. The van der Waals surface area contributed by atoms with E-state index in [0.29, 0.717) is 23.3 Å². The first kappa shape index (κ1) is 18.5. The Morgan fingerprint density at radius 2 is 1.70 bits per heavy atom. The minimum Gasteiger partial charge on any atom is -0.470 e. The lowest BCUT2D eigenvalue weighted by Crippen LogP contribution is -2.39. The molecule has 0 aliphatic carbocycles. The third-order valence-corrected chi connectivity index (χ3v) is 4.28. The summed E-state index contributed by atoms with van der Waals surface area (Å²) in [6.45, 7) is 2.00. The predicted octanol–water partition coefficient (Wildman–Crippen LogP) is 3.87. The number of carbonyl (C=O) groups is 2. The van der Waals surface area contributed by atoms with Crippen LogP contribution in [0.5, 0.6) is 5.75 Å². The molecule has 0 heterocycles. The first-order chi connectivity index (χ1) is 13.1. The van der Waals surface area contributed by atoms with E-state index in [1.807, 2.05) is 43.3 Å². The van der Waals surface area contributed by atoms with E-state index in [4.69, 9.17) is 10.5 Å². The highest BCUT2D eigenvalue weighted by Gasteiger charge is 2.17. The smallest absolute Gasteiger partial charge is 0.254 e. The number of benzene rings is 3. The molecule has 2 amide bonds. The second-order valence-electron chi connectivity index (χ2n) is 6.29. The molecule has 138 valence electrons. The third-order valence-electron chi connectivity index (χ3n) is 4.28. The molecule has 0 aliphatic rings. The van der Waals surface area contributed by atoms with Gasteiger partial charge in [0.15, 0.2) is 6.23 Å². The Hall–Kier alpha value is -3.34. The lowest BCUT2D eigenvalue weighted by molar-refractivity contribution is 0.0811. The number of hydrogen-bond donors (Lipinski definition) is 2. The molecule has 3 N–H and O–H groups in total. The number of rotatable bonds is 7. The van der Waals surface area contributed by atoms with Crippen molar-refractivity contribution in [1.82, 2.24) is 5.32 Å². The van der Waals surface area contributed by atoms with Crippen molar-refractivity contribution in [2.75, 3.05) is 0 Å². The van der Waals surface area contributed by atoms with E-state index in [-0.39, 0.29) is 5.91 Å². The lowest BCUT2D eigenvalue weighted by atomic mass is 10.1. The summed E-state index contributed by atoms with van der Waals surface area (Å²) in [4.78, 5) is 24.3. The zero-order valence-electron chi connectivity index (χ0n) is 15.1. The number of para-hydroxylation sites is 1. The quantitative estimate of drug-likeness (QED) is 0.626. The van der Waals surface area contributed by atoms with Crippen molar-refractivity contribution < 1.29 is 14.3 Å². The van der Waals surface area contributed by atoms with Crippen molar-refractivity contribution >= 4 is 22.6 Å². The minimum atomic E-state index is -0.568. The van der Waals surface area contributed by atoms with E-state index in [2.05, 4.69) is 5.32 Å². The predicted molar refractivity (Wildman–Crippen MR) is 106 cm³/mol. The molecule has 0 aromatic heterocycles. The highest BCUT2D eigenvalue weighted by molar-refractivity contribution is 5.98.